The van der Waals surface area contributed by atoms with Crippen LogP contribution in [0.5, 0.6) is 11.5 Å². The molecule has 1 aliphatic heterocycles. The number of aromatic hydroxyl groups is 1. The quantitative estimate of drug-likeness (QED) is 0.825. The number of methoxy groups -OCH3 is 1. The van der Waals surface area contributed by atoms with E-state index < -0.39 is 5.82 Å². The normalized spacial score (nSPS) is 17.1. The first-order valence-corrected chi connectivity index (χ1v) is 5.69. The van der Waals surface area contributed by atoms with E-state index in [0.29, 0.717) is 12.1 Å². The molecule has 0 aromatic heterocycles. The molecule has 0 saturated carbocycles. The van der Waals surface area contributed by atoms with E-state index in [1.54, 1.807) is 6.07 Å². The second-order valence-electron chi connectivity index (χ2n) is 4.14. The molecule has 0 amide bonds. The lowest BCUT2D eigenvalue weighted by Gasteiger charge is -2.27. The van der Waals surface area contributed by atoms with Gasteiger partial charge < -0.3 is 15.2 Å². The molecule has 0 bridgehead atoms. The second kappa shape index (κ2) is 5.33. The lowest BCUT2D eigenvalue weighted by molar-refractivity contribution is 0.230. The predicted molar refractivity (Wildman–Crippen MR) is 62.8 cm³/mol. The van der Waals surface area contributed by atoms with Crippen LogP contribution in [0.2, 0.25) is 0 Å². The molecule has 1 aromatic rings. The van der Waals surface area contributed by atoms with Crippen molar-refractivity contribution in [2.75, 3.05) is 33.3 Å². The van der Waals surface area contributed by atoms with Crippen LogP contribution in [0.4, 0.5) is 4.39 Å². The Bertz CT molecular complexity index is 392. The summed E-state index contributed by atoms with van der Waals surface area (Å²) in [5.74, 6) is -0.371. The molecule has 5 heteroatoms. The summed E-state index contributed by atoms with van der Waals surface area (Å²) in [6, 6.07) is 2.67. The summed E-state index contributed by atoms with van der Waals surface area (Å²) in [6.45, 7) is 4.36. The van der Waals surface area contributed by atoms with Gasteiger partial charge >= 0.3 is 0 Å². The number of hydrogen-bond donors (Lipinski definition) is 2. The van der Waals surface area contributed by atoms with E-state index in [0.717, 1.165) is 32.2 Å². The first-order chi connectivity index (χ1) is 8.20. The van der Waals surface area contributed by atoms with Gasteiger partial charge in [0.05, 0.1) is 7.11 Å². The number of rotatable bonds is 3. The molecular weight excluding hydrogens is 223 g/mol. The highest BCUT2D eigenvalue weighted by atomic mass is 19.1. The molecule has 1 aliphatic rings. The van der Waals surface area contributed by atoms with Crippen LogP contribution in [0.25, 0.3) is 0 Å². The Hall–Kier alpha value is -1.33. The first kappa shape index (κ1) is 12.1. The highest BCUT2D eigenvalue weighted by Gasteiger charge is 2.14. The van der Waals surface area contributed by atoms with Crippen molar-refractivity contribution in [3.63, 3.8) is 0 Å². The third kappa shape index (κ3) is 2.87. The Labute approximate surface area is 100.0 Å². The minimum Gasteiger partial charge on any atom is -0.508 e. The zero-order chi connectivity index (χ0) is 12.3. The molecule has 0 spiro atoms. The largest absolute Gasteiger partial charge is 0.508 e. The summed E-state index contributed by atoms with van der Waals surface area (Å²) in [7, 11) is 1.42. The molecule has 0 aliphatic carbocycles. The molecule has 17 heavy (non-hydrogen) atoms. The van der Waals surface area contributed by atoms with E-state index in [4.69, 9.17) is 4.74 Å². The predicted octanol–water partition coefficient (Wildman–Crippen LogP) is 0.945. The summed E-state index contributed by atoms with van der Waals surface area (Å²) < 4.78 is 18.2. The van der Waals surface area contributed by atoms with Crippen molar-refractivity contribution in [3.05, 3.63) is 23.5 Å². The van der Waals surface area contributed by atoms with Crippen LogP contribution >= 0.6 is 0 Å². The maximum atomic E-state index is 13.3. The van der Waals surface area contributed by atoms with Gasteiger partial charge in [-0.3, -0.25) is 4.90 Å². The monoisotopic (exact) mass is 240 g/mol. The van der Waals surface area contributed by atoms with Gasteiger partial charge in [-0.1, -0.05) is 0 Å². The Kier molecular flexibility index (Phi) is 3.81. The van der Waals surface area contributed by atoms with Crippen LogP contribution in [-0.2, 0) is 6.54 Å². The van der Waals surface area contributed by atoms with E-state index in [1.807, 2.05) is 0 Å². The fraction of sp³-hybridized carbons (Fsp3) is 0.500. The fourth-order valence-corrected chi connectivity index (χ4v) is 1.98. The highest BCUT2D eigenvalue weighted by Crippen LogP contribution is 2.27. The van der Waals surface area contributed by atoms with Gasteiger partial charge in [-0.15, -0.1) is 0 Å². The van der Waals surface area contributed by atoms with Gasteiger partial charge in [-0.2, -0.15) is 0 Å². The molecule has 2 N–H and O–H groups in total. The van der Waals surface area contributed by atoms with Crippen LogP contribution in [-0.4, -0.2) is 43.3 Å². The van der Waals surface area contributed by atoms with Gasteiger partial charge in [0.25, 0.3) is 0 Å². The number of phenols is 1. The average Bonchev–Trinajstić information content (AvgIpc) is 2.34. The van der Waals surface area contributed by atoms with Gasteiger partial charge in [0.2, 0.25) is 0 Å². The third-order valence-electron chi connectivity index (χ3n) is 2.96. The Morgan fingerprint density at radius 1 is 1.41 bits per heavy atom. The van der Waals surface area contributed by atoms with Crippen molar-refractivity contribution in [3.8, 4) is 11.5 Å². The van der Waals surface area contributed by atoms with Crippen molar-refractivity contribution in [1.82, 2.24) is 10.2 Å². The molecule has 0 unspecified atom stereocenters. The van der Waals surface area contributed by atoms with Gasteiger partial charge in [-0.25, -0.2) is 4.39 Å². The Morgan fingerprint density at radius 2 is 2.12 bits per heavy atom. The molecule has 1 fully saturated rings. The minimum absolute atomic E-state index is 0.0122. The second-order valence-corrected chi connectivity index (χ2v) is 4.14. The molecule has 0 radical (unpaired) electrons. The van der Waals surface area contributed by atoms with E-state index in [-0.39, 0.29) is 11.5 Å². The molecule has 94 valence electrons. The van der Waals surface area contributed by atoms with E-state index >= 15 is 0 Å². The van der Waals surface area contributed by atoms with Crippen molar-refractivity contribution in [2.45, 2.75) is 6.54 Å². The molecule has 2 rings (SSSR count). The number of piperazine rings is 1. The smallest absolute Gasteiger partial charge is 0.168 e. The van der Waals surface area contributed by atoms with Gasteiger partial charge in [0, 0.05) is 44.4 Å². The Morgan fingerprint density at radius 3 is 2.76 bits per heavy atom. The van der Waals surface area contributed by atoms with Gasteiger partial charge in [-0.05, 0) is 6.07 Å². The minimum atomic E-state index is -0.533. The van der Waals surface area contributed by atoms with E-state index in [1.165, 1.54) is 7.11 Å². The summed E-state index contributed by atoms with van der Waals surface area (Å²) >= 11 is 0. The standard InChI is InChI=1S/C12H17FN2O2/c1-17-12-6-9(11(16)7-10(12)13)8-15-4-2-14-3-5-15/h6-7,14,16H,2-5,8H2,1H3. The summed E-state index contributed by atoms with van der Waals surface area (Å²) in [6.07, 6.45) is 0. The van der Waals surface area contributed by atoms with E-state index in [2.05, 4.69) is 10.2 Å². The van der Waals surface area contributed by atoms with Crippen molar-refractivity contribution in [2.24, 2.45) is 0 Å². The van der Waals surface area contributed by atoms with Crippen LogP contribution < -0.4 is 10.1 Å². The molecule has 1 aromatic carbocycles. The number of ether oxygens (including phenoxy) is 1. The highest BCUT2D eigenvalue weighted by molar-refractivity contribution is 5.40. The SMILES string of the molecule is COc1cc(CN2CCNCC2)c(O)cc1F. The number of nitrogens with zero attached hydrogens (tertiary/aromatic N) is 1. The third-order valence-corrected chi connectivity index (χ3v) is 2.96. The number of halogens is 1. The number of benzene rings is 1. The van der Waals surface area contributed by atoms with Crippen LogP contribution in [0.15, 0.2) is 12.1 Å². The summed E-state index contributed by atoms with van der Waals surface area (Å²) in [4.78, 5) is 2.21. The topological polar surface area (TPSA) is 44.7 Å². The maximum absolute atomic E-state index is 13.3. The average molecular weight is 240 g/mol. The Balaban J connectivity index is 2.13. The van der Waals surface area contributed by atoms with Gasteiger partial charge in [0.15, 0.2) is 11.6 Å². The molecule has 4 nitrogen and oxygen atoms in total. The lowest BCUT2D eigenvalue weighted by atomic mass is 10.1. The van der Waals surface area contributed by atoms with Crippen molar-refractivity contribution < 1.29 is 14.2 Å². The van der Waals surface area contributed by atoms with Crippen LogP contribution in [0.1, 0.15) is 5.56 Å². The first-order valence-electron chi connectivity index (χ1n) is 5.69. The van der Waals surface area contributed by atoms with Crippen LogP contribution in [0.3, 0.4) is 0 Å². The van der Waals surface area contributed by atoms with Crippen molar-refractivity contribution >= 4 is 0 Å². The maximum Gasteiger partial charge on any atom is 0.168 e. The summed E-state index contributed by atoms with van der Waals surface area (Å²) in [5, 5.41) is 13.0. The molecular formula is C12H17FN2O2. The van der Waals surface area contributed by atoms with Crippen molar-refractivity contribution in [1.29, 1.82) is 0 Å². The molecule has 1 saturated heterocycles. The number of nitrogens with one attached hydrogen (secondary N) is 1. The lowest BCUT2D eigenvalue weighted by Crippen LogP contribution is -2.42. The summed E-state index contributed by atoms with van der Waals surface area (Å²) in [5.41, 5.74) is 0.699. The van der Waals surface area contributed by atoms with Crippen LogP contribution in [0, 0.1) is 5.82 Å². The zero-order valence-corrected chi connectivity index (χ0v) is 9.87. The zero-order valence-electron chi connectivity index (χ0n) is 9.87. The number of phenolic OH excluding ortho intramolecular Hbond substituents is 1. The van der Waals surface area contributed by atoms with E-state index in [9.17, 15) is 9.50 Å². The number of hydrogen-bond acceptors (Lipinski definition) is 4. The molecule has 0 atom stereocenters. The fourth-order valence-electron chi connectivity index (χ4n) is 1.98. The molecule has 1 heterocycles. The van der Waals surface area contributed by atoms with Gasteiger partial charge in [0.1, 0.15) is 5.75 Å².